The second-order valence-corrected chi connectivity index (χ2v) is 10.3. The molecule has 2 N–H and O–H groups in total. The standard InChI is InChI=1S/C26H25N5O2S2/c32-22(16-34-26-28-17-31(30-26)19-11-5-2-6-12-19)29-25-23(20-13-7-8-14-21(20)35-25)24(33)27-15-18-9-3-1-4-10-18/h1-6,9-12,17H,7-8,13-16H2,(H,27,33)(H,29,32). The fourth-order valence-corrected chi connectivity index (χ4v) is 5.98. The summed E-state index contributed by atoms with van der Waals surface area (Å²) < 4.78 is 1.68. The molecule has 1 aliphatic carbocycles. The van der Waals surface area contributed by atoms with Gasteiger partial charge < -0.3 is 10.6 Å². The first kappa shape index (κ1) is 23.3. The summed E-state index contributed by atoms with van der Waals surface area (Å²) in [4.78, 5) is 31.5. The molecule has 2 aromatic carbocycles. The monoisotopic (exact) mass is 503 g/mol. The van der Waals surface area contributed by atoms with Crippen molar-refractivity contribution in [1.82, 2.24) is 20.1 Å². The molecule has 9 heteroatoms. The normalized spacial score (nSPS) is 12.7. The van der Waals surface area contributed by atoms with Crippen LogP contribution in [-0.4, -0.2) is 32.3 Å². The number of benzene rings is 2. The van der Waals surface area contributed by atoms with Crippen molar-refractivity contribution in [2.75, 3.05) is 11.1 Å². The molecule has 0 saturated heterocycles. The number of nitrogens with zero attached hydrogens (tertiary/aromatic N) is 3. The van der Waals surface area contributed by atoms with Gasteiger partial charge in [0.15, 0.2) is 0 Å². The number of amides is 2. The lowest BCUT2D eigenvalue weighted by molar-refractivity contribution is -0.113. The highest BCUT2D eigenvalue weighted by atomic mass is 32.2. The number of fused-ring (bicyclic) bond motifs is 1. The Hall–Kier alpha value is -3.43. The van der Waals surface area contributed by atoms with Crippen LogP contribution in [0.15, 0.2) is 72.1 Å². The van der Waals surface area contributed by atoms with Gasteiger partial charge in [-0.15, -0.1) is 16.4 Å². The molecule has 2 amide bonds. The van der Waals surface area contributed by atoms with Crippen molar-refractivity contribution >= 4 is 39.9 Å². The molecule has 2 heterocycles. The molecule has 0 unspecified atom stereocenters. The number of carbonyl (C=O) groups excluding carboxylic acids is 2. The molecular formula is C26H25N5O2S2. The van der Waals surface area contributed by atoms with E-state index in [1.165, 1.54) is 28.0 Å². The van der Waals surface area contributed by atoms with Gasteiger partial charge in [0.1, 0.15) is 11.3 Å². The zero-order valence-corrected chi connectivity index (χ0v) is 20.7. The van der Waals surface area contributed by atoms with E-state index in [0.717, 1.165) is 42.5 Å². The van der Waals surface area contributed by atoms with Crippen LogP contribution in [0.25, 0.3) is 5.69 Å². The van der Waals surface area contributed by atoms with Gasteiger partial charge in [0.2, 0.25) is 11.1 Å². The molecular weight excluding hydrogens is 478 g/mol. The Kier molecular flexibility index (Phi) is 7.25. The van der Waals surface area contributed by atoms with Crippen LogP contribution in [-0.2, 0) is 24.2 Å². The van der Waals surface area contributed by atoms with E-state index >= 15 is 0 Å². The van der Waals surface area contributed by atoms with Crippen LogP contribution >= 0.6 is 23.1 Å². The lowest BCUT2D eigenvalue weighted by Gasteiger charge is -2.13. The third kappa shape index (κ3) is 5.63. The van der Waals surface area contributed by atoms with Crippen molar-refractivity contribution in [2.24, 2.45) is 0 Å². The molecule has 7 nitrogen and oxygen atoms in total. The van der Waals surface area contributed by atoms with E-state index in [0.29, 0.717) is 22.3 Å². The number of thiophene rings is 1. The van der Waals surface area contributed by atoms with Crippen molar-refractivity contribution in [3.63, 3.8) is 0 Å². The van der Waals surface area contributed by atoms with Crippen molar-refractivity contribution in [1.29, 1.82) is 0 Å². The van der Waals surface area contributed by atoms with E-state index in [1.807, 2.05) is 60.7 Å². The maximum absolute atomic E-state index is 13.2. The number of para-hydroxylation sites is 1. The van der Waals surface area contributed by atoms with E-state index in [9.17, 15) is 9.59 Å². The lowest BCUT2D eigenvalue weighted by Crippen LogP contribution is -2.25. The molecule has 0 fully saturated rings. The van der Waals surface area contributed by atoms with Gasteiger partial charge in [-0.05, 0) is 48.9 Å². The molecule has 0 aliphatic heterocycles. The average Bonchev–Trinajstić information content (AvgIpc) is 3.52. The first-order valence-electron chi connectivity index (χ1n) is 11.5. The van der Waals surface area contributed by atoms with Gasteiger partial charge in [0.25, 0.3) is 5.91 Å². The first-order chi connectivity index (χ1) is 17.2. The minimum atomic E-state index is -0.179. The van der Waals surface area contributed by atoms with E-state index in [-0.39, 0.29) is 17.6 Å². The molecule has 5 rings (SSSR count). The largest absolute Gasteiger partial charge is 0.348 e. The predicted molar refractivity (Wildman–Crippen MR) is 139 cm³/mol. The summed E-state index contributed by atoms with van der Waals surface area (Å²) in [7, 11) is 0. The van der Waals surface area contributed by atoms with Crippen LogP contribution < -0.4 is 10.6 Å². The Morgan fingerprint density at radius 1 is 1.00 bits per heavy atom. The Morgan fingerprint density at radius 2 is 1.74 bits per heavy atom. The van der Waals surface area contributed by atoms with Gasteiger partial charge in [-0.25, -0.2) is 9.67 Å². The molecule has 0 saturated carbocycles. The second kappa shape index (κ2) is 10.9. The summed E-state index contributed by atoms with van der Waals surface area (Å²) in [6, 6.07) is 19.5. The van der Waals surface area contributed by atoms with E-state index in [1.54, 1.807) is 11.0 Å². The third-order valence-corrected chi connectivity index (χ3v) is 7.83. The van der Waals surface area contributed by atoms with Crippen molar-refractivity contribution < 1.29 is 9.59 Å². The molecule has 0 atom stereocenters. The average molecular weight is 504 g/mol. The zero-order valence-electron chi connectivity index (χ0n) is 19.1. The van der Waals surface area contributed by atoms with Crippen molar-refractivity contribution in [3.05, 3.63) is 88.6 Å². The number of aromatic nitrogens is 3. The SMILES string of the molecule is O=C(CSc1ncn(-c2ccccc2)n1)Nc1sc2c(c1C(=O)NCc1ccccc1)CCCC2. The quantitative estimate of drug-likeness (QED) is 0.335. The molecule has 2 aromatic heterocycles. The number of rotatable bonds is 8. The van der Waals surface area contributed by atoms with Gasteiger partial charge in [-0.1, -0.05) is 60.3 Å². The van der Waals surface area contributed by atoms with Gasteiger partial charge in [-0.2, -0.15) is 0 Å². The van der Waals surface area contributed by atoms with Crippen LogP contribution in [0.3, 0.4) is 0 Å². The number of thioether (sulfide) groups is 1. The Bertz CT molecular complexity index is 1320. The van der Waals surface area contributed by atoms with Crippen LogP contribution in [0.2, 0.25) is 0 Å². The number of hydrogen-bond donors (Lipinski definition) is 2. The summed E-state index contributed by atoms with van der Waals surface area (Å²) in [6.07, 6.45) is 5.62. The molecule has 0 bridgehead atoms. The topological polar surface area (TPSA) is 88.9 Å². The molecule has 35 heavy (non-hydrogen) atoms. The lowest BCUT2D eigenvalue weighted by atomic mass is 9.95. The predicted octanol–water partition coefficient (Wildman–Crippen LogP) is 4.87. The summed E-state index contributed by atoms with van der Waals surface area (Å²) in [5.74, 6) is -0.159. The van der Waals surface area contributed by atoms with Crippen molar-refractivity contribution in [3.8, 4) is 5.69 Å². The maximum atomic E-state index is 13.2. The minimum Gasteiger partial charge on any atom is -0.348 e. The van der Waals surface area contributed by atoms with Gasteiger partial charge >= 0.3 is 0 Å². The summed E-state index contributed by atoms with van der Waals surface area (Å²) in [5.41, 5.74) is 3.64. The highest BCUT2D eigenvalue weighted by molar-refractivity contribution is 7.99. The van der Waals surface area contributed by atoms with Crippen molar-refractivity contribution in [2.45, 2.75) is 37.4 Å². The highest BCUT2D eigenvalue weighted by Gasteiger charge is 2.26. The van der Waals surface area contributed by atoms with Gasteiger partial charge in [0.05, 0.1) is 17.0 Å². The van der Waals surface area contributed by atoms with Gasteiger partial charge in [0, 0.05) is 11.4 Å². The van der Waals surface area contributed by atoms with Crippen LogP contribution in [0, 0.1) is 0 Å². The molecule has 0 spiro atoms. The maximum Gasteiger partial charge on any atom is 0.254 e. The Labute approximate surface area is 212 Å². The molecule has 0 radical (unpaired) electrons. The second-order valence-electron chi connectivity index (χ2n) is 8.23. The molecule has 1 aliphatic rings. The van der Waals surface area contributed by atoms with Gasteiger partial charge in [-0.3, -0.25) is 9.59 Å². The van der Waals surface area contributed by atoms with Crippen LogP contribution in [0.5, 0.6) is 0 Å². The smallest absolute Gasteiger partial charge is 0.254 e. The summed E-state index contributed by atoms with van der Waals surface area (Å²) in [6.45, 7) is 0.448. The van der Waals surface area contributed by atoms with E-state index in [4.69, 9.17) is 0 Å². The molecule has 4 aromatic rings. The number of nitrogens with one attached hydrogen (secondary N) is 2. The first-order valence-corrected chi connectivity index (χ1v) is 13.3. The van der Waals surface area contributed by atoms with Crippen LogP contribution in [0.1, 0.15) is 39.2 Å². The molecule has 178 valence electrons. The number of anilines is 1. The summed E-state index contributed by atoms with van der Waals surface area (Å²) >= 11 is 2.79. The van der Waals surface area contributed by atoms with E-state index < -0.39 is 0 Å². The van der Waals surface area contributed by atoms with Crippen LogP contribution in [0.4, 0.5) is 5.00 Å². The Morgan fingerprint density at radius 3 is 2.54 bits per heavy atom. The number of carbonyl (C=O) groups is 2. The minimum absolute atomic E-state index is 0.139. The fraction of sp³-hybridized carbons (Fsp3) is 0.231. The summed E-state index contributed by atoms with van der Waals surface area (Å²) in [5, 5.41) is 11.6. The third-order valence-electron chi connectivity index (χ3n) is 5.77. The number of hydrogen-bond acceptors (Lipinski definition) is 6. The fourth-order valence-electron chi connectivity index (χ4n) is 4.07. The highest BCUT2D eigenvalue weighted by Crippen LogP contribution is 2.38. The Balaban J connectivity index is 1.25. The van der Waals surface area contributed by atoms with E-state index in [2.05, 4.69) is 20.7 Å². The number of aryl methyl sites for hydroxylation is 1. The zero-order chi connectivity index (χ0) is 24.0.